The average molecular weight is 274 g/mol. The lowest BCUT2D eigenvalue weighted by Gasteiger charge is -2.08. The van der Waals surface area contributed by atoms with Gasteiger partial charge in [0.25, 0.3) is 0 Å². The molecule has 1 heterocycles. The minimum Gasteiger partial charge on any atom is -0.359 e. The Hall–Kier alpha value is -1.30. The number of alkyl halides is 3. The molecule has 0 saturated carbocycles. The highest BCUT2D eigenvalue weighted by molar-refractivity contribution is 7.22. The molecule has 0 aliphatic heterocycles. The van der Waals surface area contributed by atoms with Crippen molar-refractivity contribution in [2.75, 3.05) is 5.32 Å². The van der Waals surface area contributed by atoms with Crippen molar-refractivity contribution >= 4 is 26.7 Å². The number of thiazole rings is 1. The highest BCUT2D eigenvalue weighted by atomic mass is 32.1. The van der Waals surface area contributed by atoms with E-state index in [1.165, 1.54) is 17.4 Å². The molecule has 1 unspecified atom stereocenters. The molecule has 1 aromatic heterocycles. The van der Waals surface area contributed by atoms with Gasteiger partial charge < -0.3 is 5.32 Å². The van der Waals surface area contributed by atoms with Crippen LogP contribution in [0.15, 0.2) is 18.2 Å². The maximum Gasteiger partial charge on any atom is 0.416 e. The van der Waals surface area contributed by atoms with Gasteiger partial charge in [-0.15, -0.1) is 0 Å². The maximum atomic E-state index is 12.5. The lowest BCUT2D eigenvalue weighted by molar-refractivity contribution is -0.137. The summed E-state index contributed by atoms with van der Waals surface area (Å²) in [6.45, 7) is 4.04. The third-order valence-corrected chi connectivity index (χ3v) is 3.66. The summed E-state index contributed by atoms with van der Waals surface area (Å²) in [6.07, 6.45) is -3.38. The van der Waals surface area contributed by atoms with E-state index in [0.717, 1.165) is 23.3 Å². The van der Waals surface area contributed by atoms with Crippen molar-refractivity contribution < 1.29 is 13.2 Å². The summed E-state index contributed by atoms with van der Waals surface area (Å²) in [5.41, 5.74) is -0.268. The zero-order valence-corrected chi connectivity index (χ0v) is 10.8. The molecule has 98 valence electrons. The van der Waals surface area contributed by atoms with Crippen LogP contribution in [-0.4, -0.2) is 11.0 Å². The Labute approximate surface area is 107 Å². The smallest absolute Gasteiger partial charge is 0.359 e. The number of nitrogens with zero attached hydrogens (tertiary/aromatic N) is 1. The lowest BCUT2D eigenvalue weighted by atomic mass is 10.2. The molecular formula is C12H13F3N2S. The number of aromatic nitrogens is 1. The largest absolute Gasteiger partial charge is 0.416 e. The molecule has 1 N–H and O–H groups in total. The van der Waals surface area contributed by atoms with Crippen LogP contribution in [-0.2, 0) is 6.18 Å². The fraction of sp³-hybridized carbons (Fsp3) is 0.417. The summed E-state index contributed by atoms with van der Waals surface area (Å²) in [5, 5.41) is 3.83. The van der Waals surface area contributed by atoms with E-state index in [1.54, 1.807) is 0 Å². The number of rotatable bonds is 3. The Kier molecular flexibility index (Phi) is 3.47. The number of nitrogens with one attached hydrogen (secondary N) is 1. The first-order valence-electron chi connectivity index (χ1n) is 5.64. The Morgan fingerprint density at radius 2 is 2.11 bits per heavy atom. The molecule has 0 radical (unpaired) electrons. The third kappa shape index (κ3) is 2.75. The second-order valence-corrected chi connectivity index (χ2v) is 5.18. The highest BCUT2D eigenvalue weighted by Crippen LogP contribution is 2.34. The molecule has 1 atom stereocenters. The lowest BCUT2D eigenvalue weighted by Crippen LogP contribution is -2.12. The predicted molar refractivity (Wildman–Crippen MR) is 68.0 cm³/mol. The molecule has 0 saturated heterocycles. The first-order chi connectivity index (χ1) is 8.40. The van der Waals surface area contributed by atoms with E-state index < -0.39 is 11.7 Å². The molecule has 0 aliphatic carbocycles. The summed E-state index contributed by atoms with van der Waals surface area (Å²) in [5.74, 6) is 0. The van der Waals surface area contributed by atoms with E-state index >= 15 is 0 Å². The SMILES string of the molecule is CCC(C)Nc1nc2cc(C(F)(F)F)ccc2s1. The summed E-state index contributed by atoms with van der Waals surface area (Å²) < 4.78 is 38.4. The van der Waals surface area contributed by atoms with E-state index in [0.29, 0.717) is 10.6 Å². The molecule has 2 nitrogen and oxygen atoms in total. The normalized spacial score (nSPS) is 13.8. The summed E-state index contributed by atoms with van der Waals surface area (Å²) in [7, 11) is 0. The van der Waals surface area contributed by atoms with Gasteiger partial charge in [-0.3, -0.25) is 0 Å². The van der Waals surface area contributed by atoms with E-state index in [4.69, 9.17) is 0 Å². The molecule has 18 heavy (non-hydrogen) atoms. The number of benzene rings is 1. The van der Waals surface area contributed by atoms with Crippen LogP contribution in [0.4, 0.5) is 18.3 Å². The second kappa shape index (κ2) is 4.76. The first-order valence-corrected chi connectivity index (χ1v) is 6.46. The fourth-order valence-electron chi connectivity index (χ4n) is 1.48. The molecule has 2 aromatic rings. The van der Waals surface area contributed by atoms with E-state index in [-0.39, 0.29) is 6.04 Å². The van der Waals surface area contributed by atoms with Crippen molar-refractivity contribution in [2.45, 2.75) is 32.5 Å². The number of hydrogen-bond acceptors (Lipinski definition) is 3. The van der Waals surface area contributed by atoms with Gasteiger partial charge in [-0.05, 0) is 31.5 Å². The van der Waals surface area contributed by atoms with Crippen LogP contribution in [0.25, 0.3) is 10.2 Å². The van der Waals surface area contributed by atoms with Crippen molar-refractivity contribution in [3.8, 4) is 0 Å². The average Bonchev–Trinajstić information content (AvgIpc) is 2.68. The number of halogens is 3. The maximum absolute atomic E-state index is 12.5. The van der Waals surface area contributed by atoms with Gasteiger partial charge >= 0.3 is 6.18 Å². The van der Waals surface area contributed by atoms with Crippen LogP contribution in [0.2, 0.25) is 0 Å². The Morgan fingerprint density at radius 3 is 2.72 bits per heavy atom. The second-order valence-electron chi connectivity index (χ2n) is 4.15. The molecular weight excluding hydrogens is 261 g/mol. The molecule has 0 amide bonds. The Morgan fingerprint density at radius 1 is 1.39 bits per heavy atom. The van der Waals surface area contributed by atoms with Crippen molar-refractivity contribution in [1.29, 1.82) is 0 Å². The minimum atomic E-state index is -4.32. The standard InChI is InChI=1S/C12H13F3N2S/c1-3-7(2)16-11-17-9-6-8(12(13,14)15)4-5-10(9)18-11/h4-7H,3H2,1-2H3,(H,16,17). The van der Waals surface area contributed by atoms with E-state index in [9.17, 15) is 13.2 Å². The predicted octanol–water partition coefficient (Wildman–Crippen LogP) is 4.53. The molecule has 0 bridgehead atoms. The van der Waals surface area contributed by atoms with Gasteiger partial charge in [-0.1, -0.05) is 18.3 Å². The van der Waals surface area contributed by atoms with Gasteiger partial charge in [0, 0.05) is 6.04 Å². The van der Waals surface area contributed by atoms with Crippen LogP contribution in [0.3, 0.4) is 0 Å². The van der Waals surface area contributed by atoms with Gasteiger partial charge in [0.05, 0.1) is 15.8 Å². The summed E-state index contributed by atoms with van der Waals surface area (Å²) in [4.78, 5) is 4.18. The van der Waals surface area contributed by atoms with Crippen LogP contribution in [0.1, 0.15) is 25.8 Å². The summed E-state index contributed by atoms with van der Waals surface area (Å²) in [6, 6.07) is 3.91. The fourth-order valence-corrected chi connectivity index (χ4v) is 2.44. The zero-order valence-electron chi connectivity index (χ0n) is 10.0. The first kappa shape index (κ1) is 13.1. The van der Waals surface area contributed by atoms with Gasteiger partial charge in [-0.25, -0.2) is 4.98 Å². The molecule has 1 aromatic carbocycles. The number of fused-ring (bicyclic) bond motifs is 1. The number of anilines is 1. The van der Waals surface area contributed by atoms with Crippen LogP contribution < -0.4 is 5.32 Å². The van der Waals surface area contributed by atoms with Crippen LogP contribution in [0, 0.1) is 0 Å². The van der Waals surface area contributed by atoms with Crippen molar-refractivity contribution in [3.63, 3.8) is 0 Å². The molecule has 0 aliphatic rings. The topological polar surface area (TPSA) is 24.9 Å². The quantitative estimate of drug-likeness (QED) is 0.889. The van der Waals surface area contributed by atoms with Gasteiger partial charge in [0.15, 0.2) is 5.13 Å². The molecule has 0 spiro atoms. The van der Waals surface area contributed by atoms with E-state index in [2.05, 4.69) is 10.3 Å². The monoisotopic (exact) mass is 274 g/mol. The highest BCUT2D eigenvalue weighted by Gasteiger charge is 2.30. The summed E-state index contributed by atoms with van der Waals surface area (Å²) >= 11 is 1.37. The van der Waals surface area contributed by atoms with Gasteiger partial charge in [-0.2, -0.15) is 13.2 Å². The van der Waals surface area contributed by atoms with Crippen LogP contribution in [0.5, 0.6) is 0 Å². The van der Waals surface area contributed by atoms with Gasteiger partial charge in [0.1, 0.15) is 0 Å². The Bertz CT molecular complexity index is 548. The minimum absolute atomic E-state index is 0.257. The Balaban J connectivity index is 2.34. The molecule has 2 rings (SSSR count). The van der Waals surface area contributed by atoms with Gasteiger partial charge in [0.2, 0.25) is 0 Å². The van der Waals surface area contributed by atoms with Crippen LogP contribution >= 0.6 is 11.3 Å². The van der Waals surface area contributed by atoms with Crippen molar-refractivity contribution in [3.05, 3.63) is 23.8 Å². The van der Waals surface area contributed by atoms with Crippen molar-refractivity contribution in [1.82, 2.24) is 4.98 Å². The molecule has 0 fully saturated rings. The third-order valence-electron chi connectivity index (χ3n) is 2.70. The number of hydrogen-bond donors (Lipinski definition) is 1. The zero-order chi connectivity index (χ0) is 13.3. The van der Waals surface area contributed by atoms with E-state index in [1.807, 2.05) is 13.8 Å². The van der Waals surface area contributed by atoms with Crippen molar-refractivity contribution in [2.24, 2.45) is 0 Å². The molecule has 6 heteroatoms.